The average molecular weight is 432 g/mol. The number of pyridine rings is 1. The predicted octanol–water partition coefficient (Wildman–Crippen LogP) is 5.15. The van der Waals surface area contributed by atoms with Crippen molar-refractivity contribution in [2.45, 2.75) is 13.0 Å². The van der Waals surface area contributed by atoms with Crippen LogP contribution in [0.1, 0.15) is 29.1 Å². The van der Waals surface area contributed by atoms with Gasteiger partial charge in [0.2, 0.25) is 5.82 Å². The number of hydrogen-bond acceptors (Lipinski definition) is 4. The van der Waals surface area contributed by atoms with Gasteiger partial charge in [-0.3, -0.25) is 14.9 Å². The molecule has 7 nitrogen and oxygen atoms in total. The summed E-state index contributed by atoms with van der Waals surface area (Å²) < 4.78 is 0. The lowest BCUT2D eigenvalue weighted by Gasteiger charge is -2.15. The Labute approximate surface area is 188 Å². The molecule has 6 aromatic rings. The zero-order chi connectivity index (χ0) is 22.4. The molecule has 0 saturated carbocycles. The molecule has 0 radical (unpaired) electrons. The van der Waals surface area contributed by atoms with Gasteiger partial charge < -0.3 is 10.4 Å². The maximum absolute atomic E-state index is 13.0. The number of benzene rings is 3. The normalized spacial score (nSPS) is 12.4. The number of H-pyrrole nitrogens is 2. The van der Waals surface area contributed by atoms with Crippen molar-refractivity contribution in [3.8, 4) is 11.3 Å². The highest BCUT2D eigenvalue weighted by atomic mass is 16.2. The molecule has 0 aliphatic carbocycles. The molecule has 0 unspecified atom stereocenters. The van der Waals surface area contributed by atoms with E-state index < -0.39 is 0 Å². The van der Waals surface area contributed by atoms with Crippen molar-refractivity contribution in [3.63, 3.8) is 0 Å². The number of hydrogen-bond donors (Lipinski definition) is 3. The summed E-state index contributed by atoms with van der Waals surface area (Å²) in [7, 11) is 0. The third-order valence-corrected chi connectivity index (χ3v) is 5.97. The van der Waals surface area contributed by atoms with Gasteiger partial charge in [0.15, 0.2) is 0 Å². The molecule has 3 N–H and O–H groups in total. The third kappa shape index (κ3) is 3.30. The second-order valence-electron chi connectivity index (χ2n) is 8.06. The summed E-state index contributed by atoms with van der Waals surface area (Å²) in [5.41, 5.74) is 5.24. The quantitative estimate of drug-likeness (QED) is 0.359. The molecular formula is C26H20N6O. The number of aromatic amines is 2. The van der Waals surface area contributed by atoms with E-state index in [1.165, 1.54) is 0 Å². The molecule has 1 amide bonds. The zero-order valence-corrected chi connectivity index (χ0v) is 17.8. The maximum Gasteiger partial charge on any atom is 0.289 e. The average Bonchev–Trinajstić information content (AvgIpc) is 3.46. The van der Waals surface area contributed by atoms with Crippen LogP contribution in [0.5, 0.6) is 0 Å². The van der Waals surface area contributed by atoms with Gasteiger partial charge in [0.05, 0.1) is 28.3 Å². The summed E-state index contributed by atoms with van der Waals surface area (Å²) in [5, 5.41) is 12.7. The molecule has 1 atom stereocenters. The van der Waals surface area contributed by atoms with E-state index in [2.05, 4.69) is 48.7 Å². The Morgan fingerprint density at radius 3 is 2.48 bits per heavy atom. The summed E-state index contributed by atoms with van der Waals surface area (Å²) in [6.07, 6.45) is 3.50. The van der Waals surface area contributed by atoms with Gasteiger partial charge in [0, 0.05) is 23.3 Å². The predicted molar refractivity (Wildman–Crippen MR) is 129 cm³/mol. The number of carbonyl (C=O) groups is 1. The monoisotopic (exact) mass is 432 g/mol. The van der Waals surface area contributed by atoms with Crippen LogP contribution in [0.4, 0.5) is 0 Å². The molecule has 3 heterocycles. The smallest absolute Gasteiger partial charge is 0.289 e. The Hall–Kier alpha value is -4.52. The van der Waals surface area contributed by atoms with Gasteiger partial charge in [-0.25, -0.2) is 9.97 Å². The molecule has 6 rings (SSSR count). The van der Waals surface area contributed by atoms with Gasteiger partial charge in [0.25, 0.3) is 5.91 Å². The largest absolute Gasteiger partial charge is 0.343 e. The lowest BCUT2D eigenvalue weighted by molar-refractivity contribution is 0.0931. The van der Waals surface area contributed by atoms with Gasteiger partial charge in [-0.1, -0.05) is 42.5 Å². The van der Waals surface area contributed by atoms with Crippen LogP contribution >= 0.6 is 0 Å². The molecule has 0 saturated heterocycles. The van der Waals surface area contributed by atoms with Crippen LogP contribution in [-0.2, 0) is 0 Å². The highest BCUT2D eigenvalue weighted by Crippen LogP contribution is 2.29. The Bertz CT molecular complexity index is 1630. The number of carbonyl (C=O) groups excluding carboxylic acids is 1. The van der Waals surface area contributed by atoms with Crippen LogP contribution in [0.15, 0.2) is 79.1 Å². The van der Waals surface area contributed by atoms with Crippen molar-refractivity contribution in [2.24, 2.45) is 0 Å². The van der Waals surface area contributed by atoms with Gasteiger partial charge >= 0.3 is 0 Å². The number of imidazole rings is 1. The van der Waals surface area contributed by atoms with Crippen molar-refractivity contribution in [2.75, 3.05) is 0 Å². The fraction of sp³-hybridized carbons (Fsp3) is 0.0769. The minimum absolute atomic E-state index is 0.166. The van der Waals surface area contributed by atoms with Gasteiger partial charge in [-0.2, -0.15) is 0 Å². The van der Waals surface area contributed by atoms with Crippen LogP contribution < -0.4 is 5.32 Å². The molecule has 0 aliphatic heterocycles. The number of nitrogens with one attached hydrogen (secondary N) is 3. The van der Waals surface area contributed by atoms with Crippen LogP contribution in [-0.4, -0.2) is 31.1 Å². The number of nitrogens with zero attached hydrogens (tertiary/aromatic N) is 3. The summed E-state index contributed by atoms with van der Waals surface area (Å²) in [6, 6.07) is 21.8. The van der Waals surface area contributed by atoms with E-state index in [4.69, 9.17) is 0 Å². The fourth-order valence-corrected chi connectivity index (χ4v) is 4.33. The molecule has 0 aliphatic rings. The lowest BCUT2D eigenvalue weighted by Crippen LogP contribution is -2.27. The second-order valence-corrected chi connectivity index (χ2v) is 8.06. The Morgan fingerprint density at radius 2 is 1.64 bits per heavy atom. The van der Waals surface area contributed by atoms with Gasteiger partial charge in [-0.15, -0.1) is 0 Å². The van der Waals surface area contributed by atoms with E-state index in [0.29, 0.717) is 11.0 Å². The van der Waals surface area contributed by atoms with Crippen LogP contribution in [0.25, 0.3) is 44.0 Å². The lowest BCUT2D eigenvalue weighted by atomic mass is 10.00. The second kappa shape index (κ2) is 7.56. The van der Waals surface area contributed by atoms with Crippen LogP contribution in [0.2, 0.25) is 0 Å². The SMILES string of the molecule is C[C@@H](NC(=O)c1nc2cc3[nH][nH]c(-c4ccncc4)c3cc2n1)c1cccc2ccccc12. The first-order valence-electron chi connectivity index (χ1n) is 10.7. The maximum atomic E-state index is 13.0. The molecule has 7 heteroatoms. The third-order valence-electron chi connectivity index (χ3n) is 5.97. The van der Waals surface area contributed by atoms with Gasteiger partial charge in [-0.05, 0) is 47.5 Å². The number of amides is 1. The fourth-order valence-electron chi connectivity index (χ4n) is 4.33. The number of fused-ring (bicyclic) bond motifs is 3. The van der Waals surface area contributed by atoms with Crippen LogP contribution in [0.3, 0.4) is 0 Å². The highest BCUT2D eigenvalue weighted by Gasteiger charge is 2.19. The highest BCUT2D eigenvalue weighted by molar-refractivity contribution is 6.02. The molecular weight excluding hydrogens is 412 g/mol. The van der Waals surface area contributed by atoms with Crippen LogP contribution in [0, 0.1) is 0 Å². The molecule has 160 valence electrons. The minimum atomic E-state index is -0.295. The molecule has 0 spiro atoms. The molecule has 0 bridgehead atoms. The molecule has 3 aromatic carbocycles. The first-order chi connectivity index (χ1) is 16.2. The van der Waals surface area contributed by atoms with E-state index in [-0.39, 0.29) is 17.8 Å². The molecule has 3 aromatic heterocycles. The van der Waals surface area contributed by atoms with Crippen molar-refractivity contribution >= 4 is 38.6 Å². The summed E-state index contributed by atoms with van der Waals surface area (Å²) in [4.78, 5) is 26.1. The van der Waals surface area contributed by atoms with Crippen molar-refractivity contribution < 1.29 is 4.79 Å². The van der Waals surface area contributed by atoms with E-state index in [0.717, 1.165) is 38.5 Å². The molecule has 0 fully saturated rings. The zero-order valence-electron chi connectivity index (χ0n) is 17.8. The van der Waals surface area contributed by atoms with E-state index in [1.807, 2.05) is 55.5 Å². The topological polar surface area (TPSA) is 99.3 Å². The van der Waals surface area contributed by atoms with Crippen molar-refractivity contribution in [1.29, 1.82) is 0 Å². The standard InChI is InChI=1S/C26H20N6O/c1-15(18-8-4-6-16-5-2-3-7-19(16)18)28-26(33)25-29-22-13-20-21(14-23(22)30-25)31-32-24(20)17-9-11-27-12-10-17/h2-15,31-32H,1H3,(H,28,33)/t15-/m1/s1. The first kappa shape index (κ1) is 19.2. The number of aromatic nitrogens is 5. The summed E-state index contributed by atoms with van der Waals surface area (Å²) in [5.74, 6) is -0.129. The Balaban J connectivity index is 1.32. The summed E-state index contributed by atoms with van der Waals surface area (Å²) in [6.45, 7) is 1.97. The van der Waals surface area contributed by atoms with E-state index in [1.54, 1.807) is 12.4 Å². The summed E-state index contributed by atoms with van der Waals surface area (Å²) >= 11 is 0. The molecule has 33 heavy (non-hydrogen) atoms. The Morgan fingerprint density at radius 1 is 0.879 bits per heavy atom. The van der Waals surface area contributed by atoms with E-state index in [9.17, 15) is 4.79 Å². The van der Waals surface area contributed by atoms with Gasteiger partial charge in [0.1, 0.15) is 0 Å². The number of rotatable bonds is 4. The minimum Gasteiger partial charge on any atom is -0.343 e. The first-order valence-corrected chi connectivity index (χ1v) is 10.7. The van der Waals surface area contributed by atoms with E-state index >= 15 is 0 Å². The van der Waals surface area contributed by atoms with Crippen molar-refractivity contribution in [3.05, 3.63) is 90.5 Å². The van der Waals surface area contributed by atoms with Crippen molar-refractivity contribution in [1.82, 2.24) is 30.5 Å². The Kier molecular flexibility index (Phi) is 4.40.